The Bertz CT molecular complexity index is 556. The molecular weight excluding hydrogens is 208 g/mol. The Labute approximate surface area is 100 Å². The van der Waals surface area contributed by atoms with E-state index in [4.69, 9.17) is 0 Å². The third-order valence-electron chi connectivity index (χ3n) is 2.77. The van der Waals surface area contributed by atoms with Crippen LogP contribution in [0.4, 0.5) is 0 Å². The van der Waals surface area contributed by atoms with Gasteiger partial charge >= 0.3 is 0 Å². The van der Waals surface area contributed by atoms with E-state index in [9.17, 15) is 0 Å². The summed E-state index contributed by atoms with van der Waals surface area (Å²) in [7, 11) is 0. The summed E-state index contributed by atoms with van der Waals surface area (Å²) in [6.07, 6.45) is 1.78. The van der Waals surface area contributed by atoms with E-state index in [-0.39, 0.29) is 6.17 Å². The molecule has 0 spiro atoms. The van der Waals surface area contributed by atoms with E-state index in [1.807, 2.05) is 42.6 Å². The predicted molar refractivity (Wildman–Crippen MR) is 70.7 cm³/mol. The van der Waals surface area contributed by atoms with Crippen molar-refractivity contribution in [2.45, 2.75) is 6.17 Å². The fourth-order valence-electron chi connectivity index (χ4n) is 1.88. The van der Waals surface area contributed by atoms with E-state index >= 15 is 0 Å². The summed E-state index contributed by atoms with van der Waals surface area (Å²) < 4.78 is 0. The van der Waals surface area contributed by atoms with Gasteiger partial charge < -0.3 is 0 Å². The normalized spacial score (nSPS) is 18.1. The molecule has 1 heterocycles. The molecule has 2 heteroatoms. The molecule has 0 radical (unpaired) electrons. The minimum Gasteiger partial charge on any atom is -0.260 e. The summed E-state index contributed by atoms with van der Waals surface area (Å²) in [6, 6.07) is 20.3. The first kappa shape index (κ1) is 9.97. The van der Waals surface area contributed by atoms with E-state index in [0.717, 1.165) is 16.8 Å². The van der Waals surface area contributed by atoms with Crippen LogP contribution >= 0.6 is 0 Å². The second kappa shape index (κ2) is 4.34. The predicted octanol–water partition coefficient (Wildman–Crippen LogP) is 3.26. The smallest absolute Gasteiger partial charge is 0.165 e. The van der Waals surface area contributed by atoms with Gasteiger partial charge in [0, 0.05) is 5.56 Å². The van der Waals surface area contributed by atoms with Crippen molar-refractivity contribution in [2.75, 3.05) is 0 Å². The topological polar surface area (TPSA) is 24.7 Å². The van der Waals surface area contributed by atoms with Gasteiger partial charge in [0.1, 0.15) is 0 Å². The summed E-state index contributed by atoms with van der Waals surface area (Å²) in [4.78, 5) is 9.06. The summed E-state index contributed by atoms with van der Waals surface area (Å²) in [5.74, 6) is 0. The first-order valence-electron chi connectivity index (χ1n) is 5.65. The van der Waals surface area contributed by atoms with Crippen LogP contribution in [0, 0.1) is 0 Å². The van der Waals surface area contributed by atoms with Crippen LogP contribution in [0.2, 0.25) is 0 Å². The largest absolute Gasteiger partial charge is 0.260 e. The molecule has 0 fully saturated rings. The molecule has 0 aliphatic carbocycles. The molecule has 2 aromatic rings. The Morgan fingerprint density at radius 2 is 1.41 bits per heavy atom. The fraction of sp³-hybridized carbons (Fsp3) is 0.0667. The molecule has 2 nitrogen and oxygen atoms in total. The highest BCUT2D eigenvalue weighted by atomic mass is 15.0. The minimum atomic E-state index is -0.0774. The highest BCUT2D eigenvalue weighted by Crippen LogP contribution is 2.23. The van der Waals surface area contributed by atoms with Crippen LogP contribution in [0.15, 0.2) is 70.6 Å². The molecule has 2 aromatic carbocycles. The van der Waals surface area contributed by atoms with Crippen LogP contribution in [-0.4, -0.2) is 11.9 Å². The van der Waals surface area contributed by atoms with Gasteiger partial charge in [0.05, 0.1) is 11.9 Å². The van der Waals surface area contributed by atoms with Gasteiger partial charge in [0.2, 0.25) is 0 Å². The summed E-state index contributed by atoms with van der Waals surface area (Å²) in [6.45, 7) is 0. The molecule has 17 heavy (non-hydrogen) atoms. The summed E-state index contributed by atoms with van der Waals surface area (Å²) >= 11 is 0. The number of aliphatic imine (C=N–C) groups is 2. The first-order chi connectivity index (χ1) is 8.43. The Kier molecular flexibility index (Phi) is 2.54. The molecule has 0 N–H and O–H groups in total. The zero-order valence-corrected chi connectivity index (χ0v) is 9.32. The maximum atomic E-state index is 4.62. The Morgan fingerprint density at radius 1 is 0.765 bits per heavy atom. The van der Waals surface area contributed by atoms with Crippen LogP contribution in [0.1, 0.15) is 17.3 Å². The summed E-state index contributed by atoms with van der Waals surface area (Å²) in [5, 5.41) is 0. The van der Waals surface area contributed by atoms with E-state index in [1.54, 1.807) is 0 Å². The van der Waals surface area contributed by atoms with E-state index in [1.165, 1.54) is 0 Å². The van der Waals surface area contributed by atoms with Gasteiger partial charge in [-0.3, -0.25) is 9.98 Å². The lowest BCUT2D eigenvalue weighted by Crippen LogP contribution is -1.98. The highest BCUT2D eigenvalue weighted by Gasteiger charge is 2.14. The molecular formula is C15H12N2. The van der Waals surface area contributed by atoms with E-state index in [0.29, 0.717) is 0 Å². The van der Waals surface area contributed by atoms with Crippen molar-refractivity contribution in [1.82, 2.24) is 0 Å². The standard InChI is InChI=1S/C15H12N2/c1-3-7-12(8-4-1)14-11-16-15(17-14)13-9-5-2-6-10-13/h1-11,15H. The maximum absolute atomic E-state index is 4.62. The van der Waals surface area contributed by atoms with Crippen molar-refractivity contribution in [3.8, 4) is 0 Å². The fourth-order valence-corrected chi connectivity index (χ4v) is 1.88. The maximum Gasteiger partial charge on any atom is 0.165 e. The summed E-state index contributed by atoms with van der Waals surface area (Å²) in [5.41, 5.74) is 3.21. The molecule has 0 aromatic heterocycles. The zero-order chi connectivity index (χ0) is 11.5. The van der Waals surface area contributed by atoms with Gasteiger partial charge in [0.25, 0.3) is 0 Å². The zero-order valence-electron chi connectivity index (χ0n) is 9.32. The molecule has 82 valence electrons. The molecule has 0 saturated carbocycles. The molecule has 1 atom stereocenters. The van der Waals surface area contributed by atoms with Gasteiger partial charge in [-0.15, -0.1) is 0 Å². The lowest BCUT2D eigenvalue weighted by molar-refractivity contribution is 0.800. The molecule has 0 amide bonds. The van der Waals surface area contributed by atoms with Gasteiger partial charge in [-0.05, 0) is 5.56 Å². The third-order valence-corrected chi connectivity index (χ3v) is 2.77. The molecule has 1 unspecified atom stereocenters. The molecule has 1 aliphatic rings. The van der Waals surface area contributed by atoms with Crippen LogP contribution in [0.25, 0.3) is 0 Å². The number of hydrogen-bond donors (Lipinski definition) is 0. The van der Waals surface area contributed by atoms with Crippen LogP contribution in [0.3, 0.4) is 0 Å². The lowest BCUT2D eigenvalue weighted by Gasteiger charge is -2.03. The van der Waals surface area contributed by atoms with Crippen molar-refractivity contribution in [3.63, 3.8) is 0 Å². The van der Waals surface area contributed by atoms with Crippen molar-refractivity contribution in [1.29, 1.82) is 0 Å². The first-order valence-corrected chi connectivity index (χ1v) is 5.65. The third kappa shape index (κ3) is 2.02. The van der Waals surface area contributed by atoms with Crippen LogP contribution in [0.5, 0.6) is 0 Å². The average molecular weight is 220 g/mol. The molecule has 0 saturated heterocycles. The van der Waals surface area contributed by atoms with Gasteiger partial charge in [0.15, 0.2) is 6.17 Å². The molecule has 0 bridgehead atoms. The van der Waals surface area contributed by atoms with Crippen molar-refractivity contribution >= 4 is 11.9 Å². The van der Waals surface area contributed by atoms with Gasteiger partial charge in [-0.2, -0.15) is 0 Å². The quantitative estimate of drug-likeness (QED) is 0.742. The Balaban J connectivity index is 1.91. The van der Waals surface area contributed by atoms with Crippen molar-refractivity contribution in [3.05, 3.63) is 71.8 Å². The Morgan fingerprint density at radius 3 is 2.12 bits per heavy atom. The SMILES string of the molecule is C1=NC(c2ccccc2)N=C1c1ccccc1. The molecule has 1 aliphatic heterocycles. The monoisotopic (exact) mass is 220 g/mol. The van der Waals surface area contributed by atoms with Crippen molar-refractivity contribution < 1.29 is 0 Å². The number of nitrogens with zero attached hydrogens (tertiary/aromatic N) is 2. The molecule has 3 rings (SSSR count). The van der Waals surface area contributed by atoms with E-state index in [2.05, 4.69) is 34.3 Å². The van der Waals surface area contributed by atoms with Gasteiger partial charge in [-0.1, -0.05) is 60.7 Å². The van der Waals surface area contributed by atoms with Crippen molar-refractivity contribution in [2.24, 2.45) is 9.98 Å². The Hall–Kier alpha value is -2.22. The van der Waals surface area contributed by atoms with Gasteiger partial charge in [-0.25, -0.2) is 0 Å². The number of rotatable bonds is 2. The lowest BCUT2D eigenvalue weighted by atomic mass is 10.1. The minimum absolute atomic E-state index is 0.0774. The second-order valence-corrected chi connectivity index (χ2v) is 3.94. The number of hydrogen-bond acceptors (Lipinski definition) is 2. The highest BCUT2D eigenvalue weighted by molar-refractivity contribution is 6.39. The average Bonchev–Trinajstić information content (AvgIpc) is 2.90. The number of benzene rings is 2. The van der Waals surface area contributed by atoms with Crippen LogP contribution < -0.4 is 0 Å². The van der Waals surface area contributed by atoms with E-state index < -0.39 is 0 Å². The van der Waals surface area contributed by atoms with Crippen LogP contribution in [-0.2, 0) is 0 Å². The second-order valence-electron chi connectivity index (χ2n) is 3.94.